The maximum atomic E-state index is 6.63. The number of hydrogen-bond donors (Lipinski definition) is 0. The van der Waals surface area contributed by atoms with Gasteiger partial charge in [-0.25, -0.2) is 0 Å². The van der Waals surface area contributed by atoms with Crippen LogP contribution in [0.1, 0.15) is 24.0 Å². The molecule has 3 aromatic heterocycles. The minimum Gasteiger partial charge on any atom is -0.455 e. The van der Waals surface area contributed by atoms with Gasteiger partial charge in [0.15, 0.2) is 5.58 Å². The van der Waals surface area contributed by atoms with Crippen LogP contribution in [0.4, 0.5) is 0 Å². The number of fused-ring (bicyclic) bond motifs is 6. The molecule has 0 saturated carbocycles. The second-order valence-corrected chi connectivity index (χ2v) is 8.80. The number of benzene rings is 4. The molecule has 1 atom stereocenters. The summed E-state index contributed by atoms with van der Waals surface area (Å²) in [5, 5.41) is 4.39. The van der Waals surface area contributed by atoms with E-state index in [9.17, 15) is 0 Å². The number of pyridine rings is 1. The fourth-order valence-electron chi connectivity index (χ4n) is 5.08. The SMILES string of the molecule is CC(c1ccccc1)c1cccc2c1oc1c(-c3cc4c(cn3)oc3ccccc34)cccc12. The van der Waals surface area contributed by atoms with Gasteiger partial charge in [0.1, 0.15) is 16.7 Å². The Morgan fingerprint density at radius 2 is 1.35 bits per heavy atom. The molecule has 3 heterocycles. The predicted molar refractivity (Wildman–Crippen MR) is 138 cm³/mol. The summed E-state index contributed by atoms with van der Waals surface area (Å²) in [5.41, 5.74) is 7.80. The van der Waals surface area contributed by atoms with Gasteiger partial charge in [-0.15, -0.1) is 0 Å². The molecule has 1 unspecified atom stereocenters. The largest absolute Gasteiger partial charge is 0.455 e. The molecule has 0 fully saturated rings. The van der Waals surface area contributed by atoms with E-state index in [0.717, 1.165) is 55.1 Å². The molecule has 34 heavy (non-hydrogen) atoms. The third kappa shape index (κ3) is 2.80. The molecule has 0 aliphatic carbocycles. The fourth-order valence-corrected chi connectivity index (χ4v) is 5.08. The number of rotatable bonds is 3. The number of hydrogen-bond acceptors (Lipinski definition) is 3. The highest BCUT2D eigenvalue weighted by Crippen LogP contribution is 2.40. The van der Waals surface area contributed by atoms with Crippen LogP contribution in [0, 0.1) is 0 Å². The van der Waals surface area contributed by atoms with Crippen LogP contribution < -0.4 is 0 Å². The van der Waals surface area contributed by atoms with Crippen molar-refractivity contribution < 1.29 is 8.83 Å². The minimum absolute atomic E-state index is 0.223. The third-order valence-electron chi connectivity index (χ3n) is 6.86. The predicted octanol–water partition coefficient (Wildman–Crippen LogP) is 8.70. The van der Waals surface area contributed by atoms with Crippen LogP contribution in [-0.2, 0) is 0 Å². The monoisotopic (exact) mass is 439 g/mol. The summed E-state index contributed by atoms with van der Waals surface area (Å²) in [6, 6.07) is 33.5. The van der Waals surface area contributed by atoms with Crippen molar-refractivity contribution in [1.82, 2.24) is 4.98 Å². The Morgan fingerprint density at radius 1 is 0.618 bits per heavy atom. The summed E-state index contributed by atoms with van der Waals surface area (Å²) in [5.74, 6) is 0.223. The average molecular weight is 440 g/mol. The maximum absolute atomic E-state index is 6.63. The fraction of sp³-hybridized carbons (Fsp3) is 0.0645. The van der Waals surface area contributed by atoms with Gasteiger partial charge < -0.3 is 8.83 Å². The lowest BCUT2D eigenvalue weighted by Gasteiger charge is -2.12. The molecule has 0 spiro atoms. The number of para-hydroxylation sites is 3. The van der Waals surface area contributed by atoms with E-state index in [-0.39, 0.29) is 5.92 Å². The van der Waals surface area contributed by atoms with Crippen LogP contribution in [0.5, 0.6) is 0 Å². The summed E-state index contributed by atoms with van der Waals surface area (Å²) in [6.07, 6.45) is 1.81. The molecular weight excluding hydrogens is 418 g/mol. The van der Waals surface area contributed by atoms with Crippen LogP contribution in [0.2, 0.25) is 0 Å². The molecule has 0 saturated heterocycles. The molecule has 3 nitrogen and oxygen atoms in total. The van der Waals surface area contributed by atoms with Crippen molar-refractivity contribution in [2.45, 2.75) is 12.8 Å². The van der Waals surface area contributed by atoms with Crippen molar-refractivity contribution in [2.24, 2.45) is 0 Å². The van der Waals surface area contributed by atoms with E-state index < -0.39 is 0 Å². The lowest BCUT2D eigenvalue weighted by molar-refractivity contribution is 0.660. The number of aromatic nitrogens is 1. The van der Waals surface area contributed by atoms with Gasteiger partial charge in [0.25, 0.3) is 0 Å². The Balaban J connectivity index is 1.45. The molecule has 3 heteroatoms. The maximum Gasteiger partial charge on any atom is 0.153 e. The summed E-state index contributed by atoms with van der Waals surface area (Å²) in [7, 11) is 0. The van der Waals surface area contributed by atoms with E-state index in [1.807, 2.05) is 24.4 Å². The van der Waals surface area contributed by atoms with Gasteiger partial charge in [-0.2, -0.15) is 0 Å². The first-order valence-electron chi connectivity index (χ1n) is 11.5. The number of furan rings is 2. The Morgan fingerprint density at radius 3 is 2.24 bits per heavy atom. The molecule has 7 aromatic rings. The Labute approximate surface area is 196 Å². The first kappa shape index (κ1) is 19.1. The molecule has 4 aromatic carbocycles. The summed E-state index contributed by atoms with van der Waals surface area (Å²) < 4.78 is 12.6. The summed E-state index contributed by atoms with van der Waals surface area (Å²) in [6.45, 7) is 2.23. The third-order valence-corrected chi connectivity index (χ3v) is 6.86. The van der Waals surface area contributed by atoms with Crippen molar-refractivity contribution in [3.8, 4) is 11.3 Å². The van der Waals surface area contributed by atoms with Gasteiger partial charge in [-0.3, -0.25) is 4.98 Å². The van der Waals surface area contributed by atoms with E-state index in [0.29, 0.717) is 0 Å². The van der Waals surface area contributed by atoms with E-state index in [1.54, 1.807) is 0 Å². The zero-order valence-electron chi connectivity index (χ0n) is 18.7. The first-order valence-corrected chi connectivity index (χ1v) is 11.5. The standard InChI is InChI=1S/C31H21NO2/c1-19(20-9-3-2-4-10-20)21-12-7-13-23-24-14-8-15-25(31(24)34-30(21)23)27-17-26-22-11-5-6-16-28(22)33-29(26)18-32-27/h2-19H,1H3. The van der Waals surface area contributed by atoms with Gasteiger partial charge >= 0.3 is 0 Å². The smallest absolute Gasteiger partial charge is 0.153 e. The molecule has 7 rings (SSSR count). The van der Waals surface area contributed by atoms with Gasteiger partial charge in [-0.05, 0) is 23.8 Å². The van der Waals surface area contributed by atoms with Crippen molar-refractivity contribution in [3.05, 3.63) is 114 Å². The average Bonchev–Trinajstić information content (AvgIpc) is 3.46. The van der Waals surface area contributed by atoms with Gasteiger partial charge in [-0.1, -0.05) is 85.8 Å². The Hall–Kier alpha value is -4.37. The highest BCUT2D eigenvalue weighted by atomic mass is 16.3. The molecule has 0 aliphatic rings. The van der Waals surface area contributed by atoms with Crippen LogP contribution in [0.25, 0.3) is 55.1 Å². The lowest BCUT2D eigenvalue weighted by Crippen LogP contribution is -1.95. The topological polar surface area (TPSA) is 39.2 Å². The zero-order chi connectivity index (χ0) is 22.6. The van der Waals surface area contributed by atoms with Crippen LogP contribution in [-0.4, -0.2) is 4.98 Å². The molecule has 0 aliphatic heterocycles. The molecule has 0 bridgehead atoms. The van der Waals surface area contributed by atoms with E-state index in [2.05, 4.69) is 85.8 Å². The Bertz CT molecular complexity index is 1830. The normalized spacial score (nSPS) is 12.7. The minimum atomic E-state index is 0.223. The van der Waals surface area contributed by atoms with Crippen molar-refractivity contribution in [1.29, 1.82) is 0 Å². The van der Waals surface area contributed by atoms with Crippen LogP contribution >= 0.6 is 0 Å². The van der Waals surface area contributed by atoms with Crippen molar-refractivity contribution >= 4 is 43.9 Å². The zero-order valence-corrected chi connectivity index (χ0v) is 18.7. The number of nitrogens with zero attached hydrogens (tertiary/aromatic N) is 1. The molecular formula is C31H21NO2. The molecule has 0 amide bonds. The van der Waals surface area contributed by atoms with Gasteiger partial charge in [0, 0.05) is 38.6 Å². The van der Waals surface area contributed by atoms with Gasteiger partial charge in [0.05, 0.1) is 11.9 Å². The van der Waals surface area contributed by atoms with E-state index in [1.165, 1.54) is 11.1 Å². The quantitative estimate of drug-likeness (QED) is 0.276. The van der Waals surface area contributed by atoms with E-state index in [4.69, 9.17) is 13.8 Å². The lowest BCUT2D eigenvalue weighted by atomic mass is 9.92. The molecule has 0 radical (unpaired) electrons. The second kappa shape index (κ2) is 7.32. The second-order valence-electron chi connectivity index (χ2n) is 8.80. The summed E-state index contributed by atoms with van der Waals surface area (Å²) >= 11 is 0. The van der Waals surface area contributed by atoms with Crippen molar-refractivity contribution in [2.75, 3.05) is 0 Å². The van der Waals surface area contributed by atoms with Gasteiger partial charge in [0.2, 0.25) is 0 Å². The van der Waals surface area contributed by atoms with Crippen LogP contribution in [0.3, 0.4) is 0 Å². The highest BCUT2D eigenvalue weighted by molar-refractivity contribution is 6.11. The van der Waals surface area contributed by atoms with Crippen LogP contribution in [0.15, 0.2) is 112 Å². The first-order chi connectivity index (χ1) is 16.8. The molecule has 0 N–H and O–H groups in total. The molecule has 162 valence electrons. The summed E-state index contributed by atoms with van der Waals surface area (Å²) in [4.78, 5) is 4.74. The van der Waals surface area contributed by atoms with Crippen molar-refractivity contribution in [3.63, 3.8) is 0 Å². The van der Waals surface area contributed by atoms with E-state index >= 15 is 0 Å². The Kier molecular flexibility index (Phi) is 4.12. The highest BCUT2D eigenvalue weighted by Gasteiger charge is 2.19.